The van der Waals surface area contributed by atoms with Crippen molar-refractivity contribution < 1.29 is 22.7 Å². The van der Waals surface area contributed by atoms with Gasteiger partial charge in [0.25, 0.3) is 10.0 Å². The predicted molar refractivity (Wildman–Crippen MR) is 149 cm³/mol. The number of aryl methyl sites for hydroxylation is 2. The molecule has 0 aliphatic carbocycles. The largest absolute Gasteiger partial charge is 0.494 e. The van der Waals surface area contributed by atoms with Crippen molar-refractivity contribution in [1.29, 1.82) is 0 Å². The molecule has 0 unspecified atom stereocenters. The quantitative estimate of drug-likeness (QED) is 0.398. The Morgan fingerprint density at radius 2 is 1.61 bits per heavy atom. The van der Waals surface area contributed by atoms with Crippen LogP contribution < -0.4 is 14.4 Å². The fourth-order valence-corrected chi connectivity index (χ4v) is 5.45. The Morgan fingerprint density at radius 3 is 2.18 bits per heavy atom. The van der Waals surface area contributed by atoms with Gasteiger partial charge in [0.15, 0.2) is 0 Å². The maximum Gasteiger partial charge on any atom is 0.264 e. The van der Waals surface area contributed by atoms with E-state index in [0.717, 1.165) is 21.0 Å². The second kappa shape index (κ2) is 12.6. The smallest absolute Gasteiger partial charge is 0.264 e. The van der Waals surface area contributed by atoms with Crippen LogP contribution in [0.1, 0.15) is 30.5 Å². The first-order valence-electron chi connectivity index (χ1n) is 12.5. The minimum atomic E-state index is -4.11. The van der Waals surface area contributed by atoms with Crippen LogP contribution >= 0.6 is 0 Å². The van der Waals surface area contributed by atoms with Crippen molar-refractivity contribution in [2.45, 2.75) is 45.2 Å². The van der Waals surface area contributed by atoms with Crippen molar-refractivity contribution >= 4 is 27.5 Å². The summed E-state index contributed by atoms with van der Waals surface area (Å²) in [5.74, 6) is -0.267. The van der Waals surface area contributed by atoms with Crippen LogP contribution in [-0.4, -0.2) is 51.4 Å². The standard InChI is InChI=1S/C29H35N3O5S/c1-6-37-26-14-12-25(13-15-26)32(38(35,36)27-16-10-21(2)11-17-27)20-28(33)31(23(4)29(34)30-5)19-24-9-7-8-22(3)18-24/h7-18,23H,6,19-20H2,1-5H3,(H,30,34)/t23-/m1/s1. The van der Waals surface area contributed by atoms with Crippen LogP contribution in [0, 0.1) is 13.8 Å². The summed E-state index contributed by atoms with van der Waals surface area (Å²) in [5, 5.41) is 2.58. The molecule has 0 heterocycles. The number of hydrogen-bond donors (Lipinski definition) is 1. The number of nitrogens with zero attached hydrogens (tertiary/aromatic N) is 2. The van der Waals surface area contributed by atoms with Crippen LogP contribution in [0.5, 0.6) is 5.75 Å². The normalized spacial score (nSPS) is 11.9. The van der Waals surface area contributed by atoms with E-state index >= 15 is 0 Å². The lowest BCUT2D eigenvalue weighted by Crippen LogP contribution is -2.50. The van der Waals surface area contributed by atoms with Gasteiger partial charge < -0.3 is 15.0 Å². The minimum Gasteiger partial charge on any atom is -0.494 e. The van der Waals surface area contributed by atoms with Crippen molar-refractivity contribution in [3.8, 4) is 5.75 Å². The molecule has 202 valence electrons. The van der Waals surface area contributed by atoms with Crippen molar-refractivity contribution in [2.75, 3.05) is 24.5 Å². The summed E-state index contributed by atoms with van der Waals surface area (Å²) in [6.45, 7) is 7.43. The number of hydrogen-bond acceptors (Lipinski definition) is 5. The van der Waals surface area contributed by atoms with Gasteiger partial charge in [-0.25, -0.2) is 8.42 Å². The second-order valence-corrected chi connectivity index (χ2v) is 10.9. The predicted octanol–water partition coefficient (Wildman–Crippen LogP) is 4.06. The lowest BCUT2D eigenvalue weighted by Gasteiger charge is -2.32. The highest BCUT2D eigenvalue weighted by molar-refractivity contribution is 7.92. The Bertz CT molecular complexity index is 1360. The average molecular weight is 538 g/mol. The molecule has 2 amide bonds. The highest BCUT2D eigenvalue weighted by Crippen LogP contribution is 2.27. The fourth-order valence-electron chi connectivity index (χ4n) is 4.04. The van der Waals surface area contributed by atoms with E-state index in [2.05, 4.69) is 5.32 Å². The summed E-state index contributed by atoms with van der Waals surface area (Å²) in [4.78, 5) is 27.8. The number of ether oxygens (including phenoxy) is 1. The zero-order valence-electron chi connectivity index (χ0n) is 22.5. The first kappa shape index (κ1) is 28.7. The van der Waals surface area contributed by atoms with Crippen molar-refractivity contribution in [3.63, 3.8) is 0 Å². The number of benzene rings is 3. The molecule has 0 bridgehead atoms. The zero-order chi connectivity index (χ0) is 27.9. The van der Waals surface area contributed by atoms with Crippen LogP contribution in [0.15, 0.2) is 77.7 Å². The number of nitrogens with one attached hydrogen (secondary N) is 1. The van der Waals surface area contributed by atoms with Gasteiger partial charge >= 0.3 is 0 Å². The van der Waals surface area contributed by atoms with Gasteiger partial charge in [-0.15, -0.1) is 0 Å². The SMILES string of the molecule is CCOc1ccc(N(CC(=O)N(Cc2cccc(C)c2)[C@H](C)C(=O)NC)S(=O)(=O)c2ccc(C)cc2)cc1. The van der Waals surface area contributed by atoms with E-state index < -0.39 is 28.5 Å². The third-order valence-corrected chi connectivity index (χ3v) is 7.96. The molecule has 0 spiro atoms. The molecule has 8 nitrogen and oxygen atoms in total. The van der Waals surface area contributed by atoms with Gasteiger partial charge in [-0.05, 0) is 69.7 Å². The van der Waals surface area contributed by atoms with Crippen molar-refractivity contribution in [2.24, 2.45) is 0 Å². The molecular formula is C29H35N3O5S. The maximum absolute atomic E-state index is 13.8. The number of carbonyl (C=O) groups is 2. The Labute approximate surface area is 225 Å². The van der Waals surface area contributed by atoms with E-state index in [1.54, 1.807) is 43.3 Å². The van der Waals surface area contributed by atoms with Crippen molar-refractivity contribution in [3.05, 3.63) is 89.5 Å². The fraction of sp³-hybridized carbons (Fsp3) is 0.310. The molecule has 3 rings (SSSR count). The third kappa shape index (κ3) is 6.92. The van der Waals surface area contributed by atoms with E-state index in [0.29, 0.717) is 18.0 Å². The number of rotatable bonds is 11. The van der Waals surface area contributed by atoms with Gasteiger partial charge in [0, 0.05) is 13.6 Å². The average Bonchev–Trinajstić information content (AvgIpc) is 2.90. The van der Waals surface area contributed by atoms with Crippen LogP contribution in [0.25, 0.3) is 0 Å². The van der Waals surface area contributed by atoms with Gasteiger partial charge in [0.2, 0.25) is 11.8 Å². The van der Waals surface area contributed by atoms with Gasteiger partial charge in [-0.1, -0.05) is 47.5 Å². The van der Waals surface area contributed by atoms with Gasteiger partial charge in [0.05, 0.1) is 17.2 Å². The topological polar surface area (TPSA) is 96.0 Å². The molecule has 3 aromatic rings. The van der Waals surface area contributed by atoms with Crippen molar-refractivity contribution in [1.82, 2.24) is 10.2 Å². The minimum absolute atomic E-state index is 0.0642. The van der Waals surface area contributed by atoms with E-state index in [1.165, 1.54) is 24.1 Å². The summed E-state index contributed by atoms with van der Waals surface area (Å²) >= 11 is 0. The van der Waals surface area contributed by atoms with E-state index in [4.69, 9.17) is 4.74 Å². The molecule has 0 aliphatic heterocycles. The van der Waals surface area contributed by atoms with Crippen LogP contribution in [0.2, 0.25) is 0 Å². The summed E-state index contributed by atoms with van der Waals surface area (Å²) in [6, 6.07) is 19.8. The number of sulfonamides is 1. The number of likely N-dealkylation sites (N-methyl/N-ethyl adjacent to an activating group) is 1. The first-order valence-corrected chi connectivity index (χ1v) is 13.9. The van der Waals surface area contributed by atoms with Gasteiger partial charge in [-0.3, -0.25) is 13.9 Å². The molecule has 0 aliphatic rings. The Balaban J connectivity index is 2.03. The molecule has 1 atom stereocenters. The number of carbonyl (C=O) groups excluding carboxylic acids is 2. The lowest BCUT2D eigenvalue weighted by atomic mass is 10.1. The molecule has 0 radical (unpaired) electrons. The number of anilines is 1. The van der Waals surface area contributed by atoms with Crippen LogP contribution in [0.3, 0.4) is 0 Å². The van der Waals surface area contributed by atoms with Crippen LogP contribution in [0.4, 0.5) is 5.69 Å². The second-order valence-electron chi connectivity index (χ2n) is 9.05. The molecular weight excluding hydrogens is 502 g/mol. The molecule has 9 heteroatoms. The molecule has 38 heavy (non-hydrogen) atoms. The molecule has 0 saturated carbocycles. The summed E-state index contributed by atoms with van der Waals surface area (Å²) < 4.78 is 34.2. The molecule has 3 aromatic carbocycles. The van der Waals surface area contributed by atoms with Crippen LogP contribution in [-0.2, 0) is 26.2 Å². The van der Waals surface area contributed by atoms with Gasteiger partial charge in [0.1, 0.15) is 18.3 Å². The first-order chi connectivity index (χ1) is 18.1. The molecule has 1 N–H and O–H groups in total. The van der Waals surface area contributed by atoms with E-state index in [9.17, 15) is 18.0 Å². The zero-order valence-corrected chi connectivity index (χ0v) is 23.3. The monoisotopic (exact) mass is 537 g/mol. The molecule has 0 aromatic heterocycles. The summed E-state index contributed by atoms with van der Waals surface area (Å²) in [5.41, 5.74) is 3.07. The van der Waals surface area contributed by atoms with Gasteiger partial charge in [-0.2, -0.15) is 0 Å². The lowest BCUT2D eigenvalue weighted by molar-refractivity contribution is -0.139. The maximum atomic E-state index is 13.8. The highest BCUT2D eigenvalue weighted by atomic mass is 32.2. The Kier molecular flexibility index (Phi) is 9.52. The summed E-state index contributed by atoms with van der Waals surface area (Å²) in [6.07, 6.45) is 0. The number of amides is 2. The van der Waals surface area contributed by atoms with E-state index in [1.807, 2.05) is 45.0 Å². The molecule has 0 fully saturated rings. The third-order valence-electron chi connectivity index (χ3n) is 6.17. The highest BCUT2D eigenvalue weighted by Gasteiger charge is 2.32. The molecule has 0 saturated heterocycles. The Morgan fingerprint density at radius 1 is 0.947 bits per heavy atom. The van der Waals surface area contributed by atoms with E-state index in [-0.39, 0.29) is 17.3 Å². The summed E-state index contributed by atoms with van der Waals surface area (Å²) in [7, 11) is -2.61. The Hall–Kier alpha value is -3.85.